The van der Waals surface area contributed by atoms with Gasteiger partial charge in [-0.1, -0.05) is 66.7 Å². The van der Waals surface area contributed by atoms with Crippen LogP contribution in [0.4, 0.5) is 17.1 Å². The van der Waals surface area contributed by atoms with Crippen molar-refractivity contribution in [1.82, 2.24) is 9.97 Å². The lowest BCUT2D eigenvalue weighted by Gasteiger charge is -2.26. The van der Waals surface area contributed by atoms with E-state index in [-0.39, 0.29) is 0 Å². The summed E-state index contributed by atoms with van der Waals surface area (Å²) in [5.74, 6) is 0. The van der Waals surface area contributed by atoms with Crippen molar-refractivity contribution in [2.75, 3.05) is 4.90 Å². The van der Waals surface area contributed by atoms with Crippen LogP contribution in [0.2, 0.25) is 0 Å². The first kappa shape index (κ1) is 18.5. The first-order valence-electron chi connectivity index (χ1n) is 10.8. The molecule has 0 unspecified atom stereocenters. The Balaban J connectivity index is 1.68. The lowest BCUT2D eigenvalue weighted by Crippen LogP contribution is -2.09. The van der Waals surface area contributed by atoms with E-state index in [1.54, 1.807) is 0 Å². The minimum absolute atomic E-state index is 0.929. The normalized spacial score (nSPS) is 11.3. The molecule has 0 N–H and O–H groups in total. The minimum atomic E-state index is 0.929. The van der Waals surface area contributed by atoms with E-state index in [2.05, 4.69) is 95.9 Å². The molecule has 0 aliphatic carbocycles. The van der Waals surface area contributed by atoms with Gasteiger partial charge >= 0.3 is 0 Å². The van der Waals surface area contributed by atoms with Crippen molar-refractivity contribution >= 4 is 49.6 Å². The number of aryl methyl sites for hydroxylation is 1. The molecule has 6 aromatic rings. The zero-order valence-electron chi connectivity index (χ0n) is 17.7. The maximum Gasteiger partial charge on any atom is 0.0974 e. The summed E-state index contributed by atoms with van der Waals surface area (Å²) in [5.41, 5.74) is 6.19. The minimum Gasteiger partial charge on any atom is -0.310 e. The van der Waals surface area contributed by atoms with Crippen LogP contribution in [0.1, 0.15) is 5.69 Å². The van der Waals surface area contributed by atoms with Crippen molar-refractivity contribution in [3.63, 3.8) is 0 Å². The molecule has 0 aliphatic rings. The van der Waals surface area contributed by atoms with Crippen LogP contribution in [0, 0.1) is 6.92 Å². The lowest BCUT2D eigenvalue weighted by atomic mass is 9.98. The summed E-state index contributed by atoms with van der Waals surface area (Å²) in [5, 5.41) is 4.63. The largest absolute Gasteiger partial charge is 0.310 e. The Hall–Kier alpha value is -4.24. The summed E-state index contributed by atoms with van der Waals surface area (Å²) in [6, 6.07) is 36.1. The molecule has 0 saturated carbocycles. The molecule has 3 nitrogen and oxygen atoms in total. The van der Waals surface area contributed by atoms with Crippen LogP contribution in [-0.2, 0) is 0 Å². The van der Waals surface area contributed by atoms with Gasteiger partial charge in [-0.15, -0.1) is 0 Å². The Morgan fingerprint density at radius 1 is 0.531 bits per heavy atom. The summed E-state index contributed by atoms with van der Waals surface area (Å²) in [6.07, 6.45) is 1.85. The number of fused-ring (bicyclic) bond motifs is 6. The number of anilines is 3. The SMILES string of the molecule is Cc1cnc2c3ccc(N(c4ccccc4)c4ccccc4)cc3c3ccccc3c2n1. The van der Waals surface area contributed by atoms with E-state index < -0.39 is 0 Å². The molecule has 0 amide bonds. The van der Waals surface area contributed by atoms with Gasteiger partial charge in [0.15, 0.2) is 0 Å². The fraction of sp³-hybridized carbons (Fsp3) is 0.0345. The molecule has 0 atom stereocenters. The van der Waals surface area contributed by atoms with Gasteiger partial charge in [-0.05, 0) is 54.1 Å². The molecule has 0 fully saturated rings. The lowest BCUT2D eigenvalue weighted by molar-refractivity contribution is 1.19. The molecule has 1 aromatic heterocycles. The smallest absolute Gasteiger partial charge is 0.0974 e. The van der Waals surface area contributed by atoms with E-state index in [0.717, 1.165) is 44.6 Å². The molecule has 32 heavy (non-hydrogen) atoms. The highest BCUT2D eigenvalue weighted by atomic mass is 15.1. The Labute approximate surface area is 186 Å². The van der Waals surface area contributed by atoms with Crippen molar-refractivity contribution in [2.24, 2.45) is 0 Å². The second-order valence-corrected chi connectivity index (χ2v) is 7.99. The van der Waals surface area contributed by atoms with Crippen LogP contribution in [0.3, 0.4) is 0 Å². The molecule has 0 aliphatic heterocycles. The van der Waals surface area contributed by atoms with Crippen LogP contribution in [0.25, 0.3) is 32.6 Å². The molecular weight excluding hydrogens is 390 g/mol. The van der Waals surface area contributed by atoms with Gasteiger partial charge in [0.2, 0.25) is 0 Å². The molecular formula is C29H21N3. The summed E-state index contributed by atoms with van der Waals surface area (Å²) >= 11 is 0. The number of benzene rings is 5. The highest BCUT2D eigenvalue weighted by Gasteiger charge is 2.16. The third-order valence-corrected chi connectivity index (χ3v) is 5.91. The molecule has 0 spiro atoms. The molecule has 5 aromatic carbocycles. The van der Waals surface area contributed by atoms with Crippen LogP contribution < -0.4 is 4.90 Å². The van der Waals surface area contributed by atoms with Crippen molar-refractivity contribution in [3.05, 3.63) is 115 Å². The summed E-state index contributed by atoms with van der Waals surface area (Å²) in [6.45, 7) is 1.99. The van der Waals surface area contributed by atoms with Gasteiger partial charge in [-0.3, -0.25) is 4.98 Å². The van der Waals surface area contributed by atoms with Gasteiger partial charge in [-0.25, -0.2) is 4.98 Å². The summed E-state index contributed by atoms with van der Waals surface area (Å²) in [7, 11) is 0. The van der Waals surface area contributed by atoms with Crippen LogP contribution >= 0.6 is 0 Å². The van der Waals surface area contributed by atoms with E-state index in [0.29, 0.717) is 0 Å². The van der Waals surface area contributed by atoms with Crippen molar-refractivity contribution in [1.29, 1.82) is 0 Å². The maximum absolute atomic E-state index is 4.83. The van der Waals surface area contributed by atoms with Crippen LogP contribution in [-0.4, -0.2) is 9.97 Å². The number of nitrogens with zero attached hydrogens (tertiary/aromatic N) is 3. The second kappa shape index (κ2) is 7.47. The van der Waals surface area contributed by atoms with E-state index in [1.165, 1.54) is 10.8 Å². The third kappa shape index (κ3) is 2.98. The maximum atomic E-state index is 4.83. The Bertz CT molecular complexity index is 1520. The number of aromatic nitrogens is 2. The molecule has 1 heterocycles. The third-order valence-electron chi connectivity index (χ3n) is 5.91. The fourth-order valence-corrected chi connectivity index (χ4v) is 4.49. The van der Waals surface area contributed by atoms with Gasteiger partial charge in [-0.2, -0.15) is 0 Å². The first-order chi connectivity index (χ1) is 15.8. The van der Waals surface area contributed by atoms with Crippen LogP contribution in [0.15, 0.2) is 109 Å². The molecule has 152 valence electrons. The van der Waals surface area contributed by atoms with Gasteiger partial charge in [0.1, 0.15) is 0 Å². The highest BCUT2D eigenvalue weighted by molar-refractivity contribution is 6.23. The quantitative estimate of drug-likeness (QED) is 0.279. The Morgan fingerprint density at radius 2 is 1.12 bits per heavy atom. The van der Waals surface area contributed by atoms with E-state index in [4.69, 9.17) is 9.97 Å². The molecule has 6 rings (SSSR count). The van der Waals surface area contributed by atoms with Gasteiger partial charge < -0.3 is 4.90 Å². The van der Waals surface area contributed by atoms with Gasteiger partial charge in [0.25, 0.3) is 0 Å². The van der Waals surface area contributed by atoms with Gasteiger partial charge in [0.05, 0.1) is 16.7 Å². The zero-order chi connectivity index (χ0) is 21.5. The first-order valence-corrected chi connectivity index (χ1v) is 10.8. The monoisotopic (exact) mass is 411 g/mol. The standard InChI is InChI=1S/C29H21N3/c1-20-19-30-28-26-17-16-23(18-27(26)24-14-8-9-15-25(24)29(28)31-20)32(21-10-4-2-5-11-21)22-12-6-3-7-13-22/h2-19H,1H3. The van der Waals surface area contributed by atoms with Crippen molar-refractivity contribution in [2.45, 2.75) is 6.92 Å². The summed E-state index contributed by atoms with van der Waals surface area (Å²) in [4.78, 5) is 11.9. The van der Waals surface area contributed by atoms with Crippen LogP contribution in [0.5, 0.6) is 0 Å². The number of hydrogen-bond acceptors (Lipinski definition) is 3. The van der Waals surface area contributed by atoms with E-state index >= 15 is 0 Å². The second-order valence-electron chi connectivity index (χ2n) is 7.99. The molecule has 0 saturated heterocycles. The molecule has 0 bridgehead atoms. The highest BCUT2D eigenvalue weighted by Crippen LogP contribution is 2.39. The number of rotatable bonds is 3. The van der Waals surface area contributed by atoms with E-state index in [9.17, 15) is 0 Å². The number of para-hydroxylation sites is 2. The van der Waals surface area contributed by atoms with Gasteiger partial charge in [0, 0.05) is 34.0 Å². The summed E-state index contributed by atoms with van der Waals surface area (Å²) < 4.78 is 0. The molecule has 0 radical (unpaired) electrons. The number of hydrogen-bond donors (Lipinski definition) is 0. The average Bonchev–Trinajstić information content (AvgIpc) is 2.86. The Kier molecular flexibility index (Phi) is 4.32. The predicted molar refractivity (Wildman–Crippen MR) is 134 cm³/mol. The van der Waals surface area contributed by atoms with E-state index in [1.807, 2.05) is 25.3 Å². The van der Waals surface area contributed by atoms with Crippen molar-refractivity contribution in [3.8, 4) is 0 Å². The van der Waals surface area contributed by atoms with Crippen molar-refractivity contribution < 1.29 is 0 Å². The fourth-order valence-electron chi connectivity index (χ4n) is 4.49. The zero-order valence-corrected chi connectivity index (χ0v) is 17.7. The Morgan fingerprint density at radius 3 is 1.81 bits per heavy atom. The predicted octanol–water partition coefficient (Wildman–Crippen LogP) is 7.71. The average molecular weight is 412 g/mol. The molecule has 3 heteroatoms. The topological polar surface area (TPSA) is 29.0 Å².